The minimum atomic E-state index is 0.561. The molecule has 3 N–H and O–H groups in total. The minimum absolute atomic E-state index is 0.561. The maximum absolute atomic E-state index is 9.49. The zero-order chi connectivity index (χ0) is 21.7. The summed E-state index contributed by atoms with van der Waals surface area (Å²) in [6, 6.07) is 14.4. The molecule has 0 aliphatic rings. The summed E-state index contributed by atoms with van der Waals surface area (Å²) in [6.07, 6.45) is 0.839. The van der Waals surface area contributed by atoms with E-state index < -0.39 is 0 Å². The Morgan fingerprint density at radius 3 is 2.57 bits per heavy atom. The van der Waals surface area contributed by atoms with Gasteiger partial charge in [0.2, 0.25) is 0 Å². The van der Waals surface area contributed by atoms with E-state index in [0.717, 1.165) is 35.1 Å². The molecule has 0 saturated heterocycles. The molecule has 1 aromatic heterocycles. The van der Waals surface area contributed by atoms with Crippen LogP contribution >= 0.6 is 12.2 Å². The quantitative estimate of drug-likeness (QED) is 0.381. The van der Waals surface area contributed by atoms with Gasteiger partial charge in [-0.1, -0.05) is 24.3 Å². The Morgan fingerprint density at radius 2 is 1.80 bits per heavy atom. The molecule has 0 fully saturated rings. The van der Waals surface area contributed by atoms with E-state index in [0.29, 0.717) is 23.0 Å². The predicted molar refractivity (Wildman–Crippen MR) is 129 cm³/mol. The van der Waals surface area contributed by atoms with Crippen molar-refractivity contribution < 1.29 is 0 Å². The van der Waals surface area contributed by atoms with Crippen LogP contribution in [0.25, 0.3) is 10.9 Å². The normalized spacial score (nSPS) is 10.5. The van der Waals surface area contributed by atoms with Crippen LogP contribution in [0.1, 0.15) is 34.2 Å². The Labute approximate surface area is 183 Å². The van der Waals surface area contributed by atoms with Gasteiger partial charge in [-0.05, 0) is 80.7 Å². The molecular formula is C24H27N5S. The highest BCUT2D eigenvalue weighted by atomic mass is 32.1. The van der Waals surface area contributed by atoms with Crippen LogP contribution in [0.5, 0.6) is 0 Å². The average molecular weight is 418 g/mol. The van der Waals surface area contributed by atoms with Crippen molar-refractivity contribution >= 4 is 39.7 Å². The smallest absolute Gasteiger partial charge is 0.170 e. The summed E-state index contributed by atoms with van der Waals surface area (Å²) in [6.45, 7) is 9.71. The van der Waals surface area contributed by atoms with Crippen molar-refractivity contribution in [3.05, 3.63) is 64.2 Å². The Kier molecular flexibility index (Phi) is 6.86. The van der Waals surface area contributed by atoms with Gasteiger partial charge in [0.05, 0.1) is 11.1 Å². The van der Waals surface area contributed by atoms with Crippen LogP contribution in [0, 0.1) is 39.0 Å². The molecule has 154 valence electrons. The van der Waals surface area contributed by atoms with Gasteiger partial charge < -0.3 is 16.0 Å². The van der Waals surface area contributed by atoms with Crippen LogP contribution in [0.3, 0.4) is 0 Å². The second-order valence-electron chi connectivity index (χ2n) is 7.48. The number of nitrogens with zero attached hydrogens (tertiary/aromatic N) is 2. The van der Waals surface area contributed by atoms with Gasteiger partial charge in [-0.3, -0.25) is 0 Å². The van der Waals surface area contributed by atoms with Crippen LogP contribution in [0.4, 0.5) is 11.5 Å². The van der Waals surface area contributed by atoms with Gasteiger partial charge in [0.25, 0.3) is 0 Å². The van der Waals surface area contributed by atoms with Crippen molar-refractivity contribution in [3.63, 3.8) is 0 Å². The standard InChI is InChI=1S/C24H27N5S/c1-15-7-5-8-21(17(15)3)28-24(30)27-12-6-11-26-23-20(14-25)13-19-10-9-16(2)18(4)22(19)29-23/h5,7-10,13H,6,11-12H2,1-4H3,(H,26,29)(H2,27,28,30). The minimum Gasteiger partial charge on any atom is -0.369 e. The maximum atomic E-state index is 9.49. The number of hydrogen-bond acceptors (Lipinski definition) is 4. The molecule has 5 nitrogen and oxygen atoms in total. The fraction of sp³-hybridized carbons (Fsp3) is 0.292. The zero-order valence-corrected chi connectivity index (χ0v) is 18.7. The summed E-state index contributed by atoms with van der Waals surface area (Å²) in [5, 5.41) is 20.9. The van der Waals surface area contributed by atoms with Crippen molar-refractivity contribution in [2.75, 3.05) is 23.7 Å². The van der Waals surface area contributed by atoms with Crippen molar-refractivity contribution in [2.24, 2.45) is 0 Å². The first kappa shape index (κ1) is 21.5. The number of pyridine rings is 1. The van der Waals surface area contributed by atoms with Gasteiger partial charge in [0.15, 0.2) is 5.11 Å². The van der Waals surface area contributed by atoms with Gasteiger partial charge in [-0.15, -0.1) is 0 Å². The molecule has 3 aromatic rings. The van der Waals surface area contributed by atoms with Crippen LogP contribution in [0.2, 0.25) is 0 Å². The third-order valence-electron chi connectivity index (χ3n) is 5.42. The lowest BCUT2D eigenvalue weighted by Gasteiger charge is -2.14. The van der Waals surface area contributed by atoms with E-state index >= 15 is 0 Å². The van der Waals surface area contributed by atoms with Crippen molar-refractivity contribution in [3.8, 4) is 6.07 Å². The number of anilines is 2. The fourth-order valence-electron chi connectivity index (χ4n) is 3.25. The number of nitriles is 1. The highest BCUT2D eigenvalue weighted by Gasteiger charge is 2.09. The van der Waals surface area contributed by atoms with Gasteiger partial charge >= 0.3 is 0 Å². The van der Waals surface area contributed by atoms with Gasteiger partial charge in [-0.25, -0.2) is 4.98 Å². The third kappa shape index (κ3) is 4.87. The number of aromatic nitrogens is 1. The molecule has 0 radical (unpaired) electrons. The molecule has 0 amide bonds. The lowest BCUT2D eigenvalue weighted by Crippen LogP contribution is -2.30. The van der Waals surface area contributed by atoms with E-state index in [-0.39, 0.29) is 0 Å². The van der Waals surface area contributed by atoms with Gasteiger partial charge in [-0.2, -0.15) is 5.26 Å². The number of hydrogen-bond donors (Lipinski definition) is 3. The number of fused-ring (bicyclic) bond motifs is 1. The summed E-state index contributed by atoms with van der Waals surface area (Å²) in [7, 11) is 0. The summed E-state index contributed by atoms with van der Waals surface area (Å²) in [5.74, 6) is 0.634. The molecule has 2 aromatic carbocycles. The van der Waals surface area contributed by atoms with Crippen LogP contribution in [0.15, 0.2) is 36.4 Å². The zero-order valence-electron chi connectivity index (χ0n) is 17.9. The SMILES string of the molecule is Cc1cccc(NC(=S)NCCCNc2nc3c(C)c(C)ccc3cc2C#N)c1C. The molecule has 0 bridgehead atoms. The molecule has 6 heteroatoms. The maximum Gasteiger partial charge on any atom is 0.170 e. The predicted octanol–water partition coefficient (Wildman–Crippen LogP) is 5.13. The van der Waals surface area contributed by atoms with E-state index in [2.05, 4.69) is 61.8 Å². The second-order valence-corrected chi connectivity index (χ2v) is 7.89. The molecule has 0 unspecified atom stereocenters. The third-order valence-corrected chi connectivity index (χ3v) is 5.66. The number of benzene rings is 2. The molecule has 0 spiro atoms. The summed E-state index contributed by atoms with van der Waals surface area (Å²) in [4.78, 5) is 4.72. The van der Waals surface area contributed by atoms with Crippen LogP contribution in [-0.4, -0.2) is 23.2 Å². The second kappa shape index (κ2) is 9.55. The molecule has 0 aliphatic carbocycles. The van der Waals surface area contributed by atoms with Crippen molar-refractivity contribution in [2.45, 2.75) is 34.1 Å². The first-order chi connectivity index (χ1) is 14.4. The van der Waals surface area contributed by atoms with Gasteiger partial charge in [0.1, 0.15) is 11.9 Å². The van der Waals surface area contributed by atoms with Crippen molar-refractivity contribution in [1.29, 1.82) is 5.26 Å². The van der Waals surface area contributed by atoms with Crippen LogP contribution < -0.4 is 16.0 Å². The monoisotopic (exact) mass is 417 g/mol. The van der Waals surface area contributed by atoms with E-state index in [1.54, 1.807) is 0 Å². The summed E-state index contributed by atoms with van der Waals surface area (Å²) < 4.78 is 0. The average Bonchev–Trinajstić information content (AvgIpc) is 2.73. The van der Waals surface area contributed by atoms with Crippen LogP contribution in [-0.2, 0) is 0 Å². The first-order valence-corrected chi connectivity index (χ1v) is 10.5. The lowest BCUT2D eigenvalue weighted by atomic mass is 10.0. The molecule has 1 heterocycles. The first-order valence-electron chi connectivity index (χ1n) is 10.1. The fourth-order valence-corrected chi connectivity index (χ4v) is 3.46. The number of thiocarbonyl (C=S) groups is 1. The van der Waals surface area contributed by atoms with E-state index in [4.69, 9.17) is 17.2 Å². The number of rotatable bonds is 6. The van der Waals surface area contributed by atoms with Crippen molar-refractivity contribution in [1.82, 2.24) is 10.3 Å². The number of aryl methyl sites for hydroxylation is 3. The Balaban J connectivity index is 1.54. The molecule has 0 atom stereocenters. The molecule has 3 rings (SSSR count). The number of nitrogens with one attached hydrogen (secondary N) is 3. The Hall–Kier alpha value is -3.17. The molecule has 0 saturated carbocycles. The summed E-state index contributed by atoms with van der Waals surface area (Å²) >= 11 is 5.40. The Bertz CT molecular complexity index is 1130. The summed E-state index contributed by atoms with van der Waals surface area (Å²) in [5.41, 5.74) is 7.29. The topological polar surface area (TPSA) is 72.8 Å². The largest absolute Gasteiger partial charge is 0.369 e. The van der Waals surface area contributed by atoms with E-state index in [1.807, 2.05) is 24.3 Å². The Morgan fingerprint density at radius 1 is 1.03 bits per heavy atom. The van der Waals surface area contributed by atoms with E-state index in [1.165, 1.54) is 16.7 Å². The van der Waals surface area contributed by atoms with E-state index in [9.17, 15) is 5.26 Å². The molecule has 0 aliphatic heterocycles. The lowest BCUT2D eigenvalue weighted by molar-refractivity contribution is 0.807. The highest BCUT2D eigenvalue weighted by molar-refractivity contribution is 7.80. The highest BCUT2D eigenvalue weighted by Crippen LogP contribution is 2.24. The van der Waals surface area contributed by atoms with Gasteiger partial charge in [0, 0.05) is 24.2 Å². The molecule has 30 heavy (non-hydrogen) atoms. The molecular weight excluding hydrogens is 390 g/mol.